The number of primary amides is 1. The summed E-state index contributed by atoms with van der Waals surface area (Å²) in [6, 6.07) is 9.16. The van der Waals surface area contributed by atoms with Crippen LogP contribution in [0.2, 0.25) is 0 Å². The Kier molecular flexibility index (Phi) is 3.15. The average molecular weight is 291 g/mol. The minimum absolute atomic E-state index is 0.0541. The Morgan fingerprint density at radius 3 is 2.80 bits per heavy atom. The van der Waals surface area contributed by atoms with Crippen molar-refractivity contribution in [2.45, 2.75) is 6.04 Å². The number of carbonyl (C=O) groups is 1. The van der Waals surface area contributed by atoms with Gasteiger partial charge in [-0.15, -0.1) is 11.6 Å². The van der Waals surface area contributed by atoms with Gasteiger partial charge in [-0.1, -0.05) is 35.5 Å². The number of nitrogens with two attached hydrogens (primary N) is 1. The summed E-state index contributed by atoms with van der Waals surface area (Å²) in [4.78, 5) is 15.8. The number of amides is 1. The Labute approximate surface area is 119 Å². The highest BCUT2D eigenvalue weighted by molar-refractivity contribution is 6.30. The summed E-state index contributed by atoms with van der Waals surface area (Å²) in [6.45, 7) is 0. The first-order valence-electron chi connectivity index (χ1n) is 5.94. The maximum atomic E-state index is 11.4. The first kappa shape index (κ1) is 12.7. The van der Waals surface area contributed by atoms with Crippen LogP contribution in [0, 0.1) is 0 Å². The molecule has 3 N–H and O–H groups in total. The largest absolute Gasteiger partial charge is 0.364 e. The predicted molar refractivity (Wildman–Crippen MR) is 75.1 cm³/mol. The van der Waals surface area contributed by atoms with Crippen molar-refractivity contribution in [2.24, 2.45) is 10.7 Å². The lowest BCUT2D eigenvalue weighted by atomic mass is 10.0. The summed E-state index contributed by atoms with van der Waals surface area (Å²) in [7, 11) is 0. The molecule has 0 spiro atoms. The molecule has 2 aromatic rings. The highest BCUT2D eigenvalue weighted by Gasteiger charge is 2.31. The molecule has 0 saturated heterocycles. The molecule has 6 nitrogen and oxygen atoms in total. The van der Waals surface area contributed by atoms with Gasteiger partial charge in [0.15, 0.2) is 11.5 Å². The number of aromatic nitrogens is 1. The van der Waals surface area contributed by atoms with Crippen LogP contribution < -0.4 is 11.1 Å². The zero-order valence-corrected chi connectivity index (χ0v) is 11.1. The van der Waals surface area contributed by atoms with Gasteiger partial charge in [0.25, 0.3) is 5.91 Å². The second-order valence-electron chi connectivity index (χ2n) is 4.28. The highest BCUT2D eigenvalue weighted by Crippen LogP contribution is 2.36. The quantitative estimate of drug-likeness (QED) is 0.845. The molecule has 0 radical (unpaired) electrons. The molecule has 0 aliphatic carbocycles. The van der Waals surface area contributed by atoms with Crippen molar-refractivity contribution in [3.8, 4) is 0 Å². The zero-order chi connectivity index (χ0) is 14.1. The fourth-order valence-electron chi connectivity index (χ4n) is 2.10. The maximum Gasteiger partial charge on any atom is 0.273 e. The molecule has 1 aliphatic heterocycles. The highest BCUT2D eigenvalue weighted by atomic mass is 35.5. The summed E-state index contributed by atoms with van der Waals surface area (Å²) in [5.41, 5.74) is 6.70. The van der Waals surface area contributed by atoms with E-state index in [-0.39, 0.29) is 17.6 Å². The second-order valence-corrected chi connectivity index (χ2v) is 4.55. The lowest BCUT2D eigenvalue weighted by Crippen LogP contribution is -2.24. The Hall–Kier alpha value is -2.34. The van der Waals surface area contributed by atoms with E-state index in [0.29, 0.717) is 17.3 Å². The van der Waals surface area contributed by atoms with Gasteiger partial charge in [0.2, 0.25) is 0 Å². The van der Waals surface area contributed by atoms with Crippen LogP contribution in [-0.2, 0) is 0 Å². The van der Waals surface area contributed by atoms with Crippen LogP contribution in [0.3, 0.4) is 0 Å². The fraction of sp³-hybridized carbons (Fsp3) is 0.154. The number of fused-ring (bicyclic) bond motifs is 1. The van der Waals surface area contributed by atoms with Gasteiger partial charge in [0.1, 0.15) is 17.6 Å². The van der Waals surface area contributed by atoms with E-state index in [0.717, 1.165) is 5.56 Å². The third-order valence-electron chi connectivity index (χ3n) is 3.00. The lowest BCUT2D eigenvalue weighted by molar-refractivity contribution is 0.0992. The Balaban J connectivity index is 2.13. The first-order valence-corrected chi connectivity index (χ1v) is 6.48. The number of carbonyl (C=O) groups excluding carboxylic acids is 1. The van der Waals surface area contributed by atoms with Gasteiger partial charge in [-0.2, -0.15) is 0 Å². The number of benzene rings is 1. The van der Waals surface area contributed by atoms with E-state index >= 15 is 0 Å². The Morgan fingerprint density at radius 1 is 1.40 bits per heavy atom. The van der Waals surface area contributed by atoms with Crippen molar-refractivity contribution in [1.82, 2.24) is 5.16 Å². The average Bonchev–Trinajstić information content (AvgIpc) is 2.91. The van der Waals surface area contributed by atoms with Gasteiger partial charge in [0, 0.05) is 0 Å². The molecule has 1 aromatic carbocycles. The van der Waals surface area contributed by atoms with E-state index in [1.807, 2.05) is 30.3 Å². The molecule has 3 rings (SSSR count). The number of halogens is 1. The normalized spacial score (nSPS) is 17.1. The summed E-state index contributed by atoms with van der Waals surface area (Å²) in [6.07, 6.45) is 0. The Morgan fingerprint density at radius 2 is 2.15 bits per heavy atom. The number of amidine groups is 1. The van der Waals surface area contributed by atoms with Crippen molar-refractivity contribution in [3.63, 3.8) is 0 Å². The van der Waals surface area contributed by atoms with Crippen molar-refractivity contribution in [2.75, 3.05) is 11.2 Å². The van der Waals surface area contributed by atoms with Crippen molar-refractivity contribution in [3.05, 3.63) is 47.3 Å². The molecule has 7 heteroatoms. The number of nitrogens with zero attached hydrogens (tertiary/aromatic N) is 2. The summed E-state index contributed by atoms with van der Waals surface area (Å²) in [5, 5.41) is 6.65. The van der Waals surface area contributed by atoms with Gasteiger partial charge >= 0.3 is 0 Å². The topological polar surface area (TPSA) is 93.5 Å². The molecular weight excluding hydrogens is 280 g/mol. The molecule has 1 unspecified atom stereocenters. The van der Waals surface area contributed by atoms with Crippen molar-refractivity contribution < 1.29 is 9.32 Å². The van der Waals surface area contributed by atoms with E-state index in [4.69, 9.17) is 21.9 Å². The van der Waals surface area contributed by atoms with Gasteiger partial charge in [-0.05, 0) is 5.56 Å². The SMILES string of the molecule is NC(=O)c1noc2c1NC(CCl)=NC2c1ccccc1. The van der Waals surface area contributed by atoms with E-state index < -0.39 is 5.91 Å². The van der Waals surface area contributed by atoms with Crippen LogP contribution in [0.1, 0.15) is 27.9 Å². The molecule has 0 fully saturated rings. The molecule has 1 atom stereocenters. The number of anilines is 1. The van der Waals surface area contributed by atoms with Crippen LogP contribution in [0.5, 0.6) is 0 Å². The van der Waals surface area contributed by atoms with Gasteiger partial charge in [-0.3, -0.25) is 9.79 Å². The molecule has 20 heavy (non-hydrogen) atoms. The minimum Gasteiger partial charge on any atom is -0.364 e. The number of alkyl halides is 1. The summed E-state index contributed by atoms with van der Waals surface area (Å²) in [5.74, 6) is 0.523. The van der Waals surface area contributed by atoms with Crippen LogP contribution in [0.4, 0.5) is 5.69 Å². The smallest absolute Gasteiger partial charge is 0.273 e. The van der Waals surface area contributed by atoms with Crippen molar-refractivity contribution >= 4 is 29.0 Å². The molecule has 0 bridgehead atoms. The van der Waals surface area contributed by atoms with E-state index in [9.17, 15) is 4.79 Å². The number of aliphatic imine (C=N–C) groups is 1. The molecule has 1 aromatic heterocycles. The Bertz CT molecular complexity index is 681. The molecule has 102 valence electrons. The van der Waals surface area contributed by atoms with Gasteiger partial charge in [-0.25, -0.2) is 0 Å². The lowest BCUT2D eigenvalue weighted by Gasteiger charge is -2.20. The third kappa shape index (κ3) is 2.04. The van der Waals surface area contributed by atoms with Gasteiger partial charge in [0.05, 0.1) is 5.88 Å². The predicted octanol–water partition coefficient (Wildman–Crippen LogP) is 1.93. The van der Waals surface area contributed by atoms with E-state index in [2.05, 4.69) is 15.5 Å². The number of nitrogens with one attached hydrogen (secondary N) is 1. The van der Waals surface area contributed by atoms with Gasteiger partial charge < -0.3 is 15.6 Å². The number of hydrogen-bond acceptors (Lipinski definition) is 5. The molecule has 1 amide bonds. The molecule has 1 aliphatic rings. The zero-order valence-electron chi connectivity index (χ0n) is 10.3. The number of rotatable bonds is 3. The summed E-state index contributed by atoms with van der Waals surface area (Å²) >= 11 is 5.84. The van der Waals surface area contributed by atoms with E-state index in [1.54, 1.807) is 0 Å². The maximum absolute atomic E-state index is 11.4. The third-order valence-corrected chi connectivity index (χ3v) is 3.25. The van der Waals surface area contributed by atoms with Crippen LogP contribution in [-0.4, -0.2) is 22.8 Å². The fourth-order valence-corrected chi connectivity index (χ4v) is 2.23. The van der Waals surface area contributed by atoms with Crippen LogP contribution >= 0.6 is 11.6 Å². The molecule has 2 heterocycles. The molecule has 0 saturated carbocycles. The van der Waals surface area contributed by atoms with Crippen molar-refractivity contribution in [1.29, 1.82) is 0 Å². The van der Waals surface area contributed by atoms with E-state index in [1.165, 1.54) is 0 Å². The molecular formula is C13H11ClN4O2. The monoisotopic (exact) mass is 290 g/mol. The number of hydrogen-bond donors (Lipinski definition) is 2. The first-order chi connectivity index (χ1) is 9.70. The summed E-state index contributed by atoms with van der Waals surface area (Å²) < 4.78 is 5.24. The van der Waals surface area contributed by atoms with Crippen LogP contribution in [0.25, 0.3) is 0 Å². The minimum atomic E-state index is -0.662. The second kappa shape index (κ2) is 4.97. The van der Waals surface area contributed by atoms with Crippen LogP contribution in [0.15, 0.2) is 39.8 Å². The standard InChI is InChI=1S/C13H11ClN4O2/c14-6-8-16-9(7-4-2-1-3-5-7)12-10(17-8)11(13(15)19)18-20-12/h1-5,9H,6H2,(H2,15,19)(H,16,17).